The van der Waals surface area contributed by atoms with Gasteiger partial charge in [-0.1, -0.05) is 39.3 Å². The highest BCUT2D eigenvalue weighted by atomic mass is 28.4. The van der Waals surface area contributed by atoms with E-state index in [-0.39, 0.29) is 0 Å². The third-order valence-electron chi connectivity index (χ3n) is 1.52. The largest absolute Gasteiger partial charge is 0.531 e. The van der Waals surface area contributed by atoms with Gasteiger partial charge in [0, 0.05) is 0 Å². The number of nitrogens with zero attached hydrogens (tertiary/aromatic N) is 1. The Morgan fingerprint density at radius 3 is 1.25 bits per heavy atom. The fraction of sp³-hybridized carbons (Fsp3) is 0.857. The van der Waals surface area contributed by atoms with E-state index in [1.54, 1.807) is 4.23 Å². The number of carboxylic acid groups (broad SMARTS) is 1. The van der Waals surface area contributed by atoms with Crippen LogP contribution in [0.4, 0.5) is 4.79 Å². The van der Waals surface area contributed by atoms with Crippen LogP contribution in [0.15, 0.2) is 0 Å². The van der Waals surface area contributed by atoms with Crippen molar-refractivity contribution in [3.63, 3.8) is 0 Å². The third-order valence-corrected chi connectivity index (χ3v) is 8.60. The Bertz CT molecular complexity index is 167. The average molecular weight is 204 g/mol. The van der Waals surface area contributed by atoms with E-state index >= 15 is 0 Å². The molecule has 0 rings (SSSR count). The first kappa shape index (κ1) is 11.7. The summed E-state index contributed by atoms with van der Waals surface area (Å²) < 4.78 is 1.62. The Morgan fingerprint density at radius 1 is 1.00 bits per heavy atom. The summed E-state index contributed by atoms with van der Waals surface area (Å²) in [4.78, 5) is 10.9. The molecule has 0 atom stereocenters. The SMILES string of the molecule is C[Si](C)(C)N(C(=O)[O-])[Si](C)(C)C. The Hall–Kier alpha value is -0.296. The van der Waals surface area contributed by atoms with Crippen molar-refractivity contribution in [3.8, 4) is 0 Å². The number of carbonyl (C=O) groups is 1. The zero-order valence-electron chi connectivity index (χ0n) is 8.76. The molecule has 3 nitrogen and oxygen atoms in total. The fourth-order valence-electron chi connectivity index (χ4n) is 1.55. The standard InChI is InChI=1S/C7H19NO2Si2/c1-11(2,3)8(7(9)10)12(4,5)6/h1-6H3,(H,9,10)/p-1. The summed E-state index contributed by atoms with van der Waals surface area (Å²) in [6, 6.07) is 0. The van der Waals surface area contributed by atoms with Gasteiger partial charge in [-0.15, -0.1) is 0 Å². The van der Waals surface area contributed by atoms with Crippen LogP contribution in [0, 0.1) is 0 Å². The van der Waals surface area contributed by atoms with Gasteiger partial charge >= 0.3 is 0 Å². The van der Waals surface area contributed by atoms with E-state index in [0.29, 0.717) is 0 Å². The second-order valence-electron chi connectivity index (χ2n) is 4.94. The molecule has 0 bridgehead atoms. The monoisotopic (exact) mass is 204 g/mol. The Morgan fingerprint density at radius 2 is 1.25 bits per heavy atom. The Kier molecular flexibility index (Phi) is 3.14. The quantitative estimate of drug-likeness (QED) is 0.636. The molecule has 0 aromatic carbocycles. The van der Waals surface area contributed by atoms with E-state index < -0.39 is 22.6 Å². The molecule has 72 valence electrons. The van der Waals surface area contributed by atoms with Crippen molar-refractivity contribution in [2.75, 3.05) is 0 Å². The van der Waals surface area contributed by atoms with E-state index in [4.69, 9.17) is 0 Å². The van der Waals surface area contributed by atoms with Crippen molar-refractivity contribution in [1.29, 1.82) is 0 Å². The lowest BCUT2D eigenvalue weighted by Crippen LogP contribution is -2.65. The average Bonchev–Trinajstić information content (AvgIpc) is 1.49. The maximum Gasteiger partial charge on any atom is 0.139 e. The van der Waals surface area contributed by atoms with Crippen LogP contribution in [0.3, 0.4) is 0 Å². The zero-order chi connectivity index (χ0) is 10.2. The van der Waals surface area contributed by atoms with Crippen LogP contribution >= 0.6 is 0 Å². The Balaban J connectivity index is 4.82. The Labute approximate surface area is 76.6 Å². The maximum atomic E-state index is 10.9. The highest BCUT2D eigenvalue weighted by Gasteiger charge is 2.34. The summed E-state index contributed by atoms with van der Waals surface area (Å²) in [7, 11) is -3.50. The molecule has 0 fully saturated rings. The minimum atomic E-state index is -1.75. The van der Waals surface area contributed by atoms with E-state index in [9.17, 15) is 9.90 Å². The van der Waals surface area contributed by atoms with Gasteiger partial charge in [-0.3, -0.25) is 0 Å². The molecule has 0 N–H and O–H groups in total. The number of amides is 1. The third kappa shape index (κ3) is 2.98. The molecule has 0 aliphatic heterocycles. The lowest BCUT2D eigenvalue weighted by Gasteiger charge is -2.45. The highest BCUT2D eigenvalue weighted by Crippen LogP contribution is 2.18. The maximum absolute atomic E-state index is 10.9. The van der Waals surface area contributed by atoms with Gasteiger partial charge in [0.2, 0.25) is 0 Å². The number of hydrogen-bond acceptors (Lipinski definition) is 2. The molecule has 0 spiro atoms. The molecule has 0 saturated heterocycles. The molecule has 0 saturated carbocycles. The summed E-state index contributed by atoms with van der Waals surface area (Å²) in [6.07, 6.45) is -0.992. The molecule has 1 amide bonds. The molecule has 0 heterocycles. The lowest BCUT2D eigenvalue weighted by molar-refractivity contribution is -0.256. The van der Waals surface area contributed by atoms with Crippen LogP contribution in [0.1, 0.15) is 0 Å². The first-order valence-electron chi connectivity index (χ1n) is 4.08. The highest BCUT2D eigenvalue weighted by molar-refractivity contribution is 6.92. The second-order valence-corrected chi connectivity index (χ2v) is 15.0. The van der Waals surface area contributed by atoms with Crippen molar-refractivity contribution >= 4 is 22.6 Å². The van der Waals surface area contributed by atoms with Gasteiger partial charge in [0.15, 0.2) is 0 Å². The van der Waals surface area contributed by atoms with Gasteiger partial charge < -0.3 is 14.1 Å². The van der Waals surface area contributed by atoms with Gasteiger partial charge in [0.1, 0.15) is 22.6 Å². The molecule has 0 unspecified atom stereocenters. The summed E-state index contributed by atoms with van der Waals surface area (Å²) in [5.74, 6) is 0. The molecule has 0 radical (unpaired) electrons. The van der Waals surface area contributed by atoms with Gasteiger partial charge in [-0.05, 0) is 0 Å². The normalized spacial score (nSPS) is 12.8. The van der Waals surface area contributed by atoms with Crippen LogP contribution in [0.2, 0.25) is 39.3 Å². The van der Waals surface area contributed by atoms with Crippen molar-refractivity contribution in [2.24, 2.45) is 0 Å². The van der Waals surface area contributed by atoms with Gasteiger partial charge in [0.05, 0.1) is 0 Å². The van der Waals surface area contributed by atoms with E-state index in [1.165, 1.54) is 0 Å². The lowest BCUT2D eigenvalue weighted by atomic mass is 11.3. The van der Waals surface area contributed by atoms with Crippen molar-refractivity contribution in [1.82, 2.24) is 4.23 Å². The van der Waals surface area contributed by atoms with Crippen LogP contribution < -0.4 is 5.11 Å². The van der Waals surface area contributed by atoms with E-state index in [0.717, 1.165) is 0 Å². The van der Waals surface area contributed by atoms with Crippen LogP contribution in [-0.2, 0) is 0 Å². The van der Waals surface area contributed by atoms with E-state index in [2.05, 4.69) is 0 Å². The molecule has 12 heavy (non-hydrogen) atoms. The molecule has 0 aromatic heterocycles. The summed E-state index contributed by atoms with van der Waals surface area (Å²) in [5, 5.41) is 10.9. The van der Waals surface area contributed by atoms with Crippen molar-refractivity contribution < 1.29 is 9.90 Å². The van der Waals surface area contributed by atoms with Gasteiger partial charge in [-0.25, -0.2) is 0 Å². The second kappa shape index (κ2) is 3.22. The molecular weight excluding hydrogens is 186 g/mol. The smallest absolute Gasteiger partial charge is 0.139 e. The minimum absolute atomic E-state index is 0.992. The van der Waals surface area contributed by atoms with Crippen molar-refractivity contribution in [3.05, 3.63) is 0 Å². The predicted octanol–water partition coefficient (Wildman–Crippen LogP) is 1.30. The van der Waals surface area contributed by atoms with Crippen LogP contribution in [0.5, 0.6) is 0 Å². The van der Waals surface area contributed by atoms with E-state index in [1.807, 2.05) is 39.3 Å². The van der Waals surface area contributed by atoms with Crippen LogP contribution in [-0.4, -0.2) is 26.8 Å². The predicted molar refractivity (Wildman–Crippen MR) is 53.9 cm³/mol. The van der Waals surface area contributed by atoms with Gasteiger partial charge in [-0.2, -0.15) is 0 Å². The zero-order valence-corrected chi connectivity index (χ0v) is 10.8. The molecule has 0 aromatic rings. The first-order chi connectivity index (χ1) is 5.07. The number of hydrogen-bond donors (Lipinski definition) is 0. The first-order valence-corrected chi connectivity index (χ1v) is 11.0. The summed E-state index contributed by atoms with van der Waals surface area (Å²) in [5.41, 5.74) is 0. The molecule has 0 aliphatic carbocycles. The molecule has 0 aliphatic rings. The van der Waals surface area contributed by atoms with Crippen molar-refractivity contribution in [2.45, 2.75) is 39.3 Å². The minimum Gasteiger partial charge on any atom is -0.531 e. The number of rotatable bonds is 2. The van der Waals surface area contributed by atoms with Crippen LogP contribution in [0.25, 0.3) is 0 Å². The summed E-state index contributed by atoms with van der Waals surface area (Å²) in [6.45, 7) is 12.2. The number of carbonyl (C=O) groups excluding carboxylic acids is 1. The van der Waals surface area contributed by atoms with Gasteiger partial charge in [0.25, 0.3) is 0 Å². The summed E-state index contributed by atoms with van der Waals surface area (Å²) >= 11 is 0. The topological polar surface area (TPSA) is 43.4 Å². The fourth-order valence-corrected chi connectivity index (χ4v) is 10.7. The molecule has 5 heteroatoms. The molecular formula is C7H18NO2Si2-.